The van der Waals surface area contributed by atoms with Crippen molar-refractivity contribution in [3.05, 3.63) is 95.1 Å². The maximum absolute atomic E-state index is 13.8. The standard InChI is InChI=1S/C31H32N2O6/c1-32(2)14-7-15-33-28(22-10-6-11-24(18-22)39-20-21-8-4-3-5-9-21)27(30(35)31(33)36)29(34)23-12-13-25-26(19-23)38-17-16-37-25/h3-6,8-13,18-19,28,34H,7,14-17,20H2,1-2H3. The number of carbonyl (C=O) groups is 2. The molecule has 0 saturated carbocycles. The number of fused-ring (bicyclic) bond motifs is 1. The minimum absolute atomic E-state index is 0.0610. The average Bonchev–Trinajstić information content (AvgIpc) is 3.21. The van der Waals surface area contributed by atoms with E-state index >= 15 is 0 Å². The zero-order valence-electron chi connectivity index (χ0n) is 22.1. The Morgan fingerprint density at radius 2 is 1.74 bits per heavy atom. The molecule has 1 unspecified atom stereocenters. The summed E-state index contributed by atoms with van der Waals surface area (Å²) in [6.07, 6.45) is 0.688. The number of quaternary nitrogens is 1. The van der Waals surface area contributed by atoms with E-state index in [9.17, 15) is 14.7 Å². The van der Waals surface area contributed by atoms with E-state index in [1.54, 1.807) is 24.3 Å². The van der Waals surface area contributed by atoms with E-state index < -0.39 is 23.5 Å². The number of Topliss-reactive ketones (excluding diaryl/α,β-unsaturated/α-hetero) is 1. The van der Waals surface area contributed by atoms with Gasteiger partial charge in [0.1, 0.15) is 25.6 Å². The zero-order chi connectivity index (χ0) is 27.4. The summed E-state index contributed by atoms with van der Waals surface area (Å²) < 4.78 is 17.2. The number of benzene rings is 3. The lowest BCUT2D eigenvalue weighted by Gasteiger charge is -2.28. The topological polar surface area (TPSA) is 92.6 Å². The first-order valence-electron chi connectivity index (χ1n) is 13.1. The van der Waals surface area contributed by atoms with Crippen LogP contribution in [0.25, 0.3) is 5.76 Å². The van der Waals surface area contributed by atoms with Crippen LogP contribution in [0.15, 0.2) is 78.4 Å². The highest BCUT2D eigenvalue weighted by atomic mass is 16.6. The quantitative estimate of drug-likeness (QED) is 0.259. The van der Waals surface area contributed by atoms with Gasteiger partial charge >= 0.3 is 0 Å². The minimum Gasteiger partial charge on any atom is -0.872 e. The van der Waals surface area contributed by atoms with Crippen LogP contribution in [0.4, 0.5) is 0 Å². The first kappa shape index (κ1) is 26.3. The number of likely N-dealkylation sites (tertiary alicyclic amines) is 1. The Bertz CT molecular complexity index is 1380. The highest BCUT2D eigenvalue weighted by Crippen LogP contribution is 2.41. The Balaban J connectivity index is 1.52. The third-order valence-corrected chi connectivity index (χ3v) is 6.83. The number of rotatable bonds is 9. The molecular weight excluding hydrogens is 496 g/mol. The lowest BCUT2D eigenvalue weighted by Crippen LogP contribution is -3.05. The van der Waals surface area contributed by atoms with E-state index in [0.29, 0.717) is 55.6 Å². The molecule has 0 aromatic heterocycles. The maximum atomic E-state index is 13.8. The van der Waals surface area contributed by atoms with E-state index in [-0.39, 0.29) is 11.1 Å². The van der Waals surface area contributed by atoms with Gasteiger partial charge in [-0.15, -0.1) is 0 Å². The third kappa shape index (κ3) is 5.76. The molecule has 39 heavy (non-hydrogen) atoms. The second kappa shape index (κ2) is 11.6. The number of nitrogens with zero attached hydrogens (tertiary/aromatic N) is 1. The monoisotopic (exact) mass is 528 g/mol. The summed E-state index contributed by atoms with van der Waals surface area (Å²) in [6.45, 7) is 2.34. The number of carbonyl (C=O) groups excluding carboxylic acids is 2. The first-order chi connectivity index (χ1) is 18.9. The van der Waals surface area contributed by atoms with Gasteiger partial charge in [0, 0.05) is 18.5 Å². The van der Waals surface area contributed by atoms with Crippen molar-refractivity contribution in [2.24, 2.45) is 0 Å². The van der Waals surface area contributed by atoms with Crippen LogP contribution in [0.2, 0.25) is 0 Å². The molecular formula is C31H32N2O6. The van der Waals surface area contributed by atoms with Crippen molar-refractivity contribution in [2.75, 3.05) is 40.4 Å². The number of amides is 1. The molecule has 1 N–H and O–H groups in total. The van der Waals surface area contributed by atoms with Crippen LogP contribution in [0.3, 0.4) is 0 Å². The number of hydrogen-bond donors (Lipinski definition) is 1. The smallest absolute Gasteiger partial charge is 0.295 e. The van der Waals surface area contributed by atoms with Crippen LogP contribution < -0.4 is 24.2 Å². The molecule has 2 aliphatic heterocycles. The number of nitrogens with one attached hydrogen (secondary N) is 1. The van der Waals surface area contributed by atoms with Crippen molar-refractivity contribution in [1.29, 1.82) is 0 Å². The van der Waals surface area contributed by atoms with Gasteiger partial charge in [-0.1, -0.05) is 54.3 Å². The molecule has 202 valence electrons. The van der Waals surface area contributed by atoms with Gasteiger partial charge in [-0.05, 0) is 41.0 Å². The predicted octanol–water partition coefficient (Wildman–Crippen LogP) is 1.80. The highest BCUT2D eigenvalue weighted by molar-refractivity contribution is 6.46. The van der Waals surface area contributed by atoms with Gasteiger partial charge in [0.15, 0.2) is 11.5 Å². The summed E-state index contributed by atoms with van der Waals surface area (Å²) in [6, 6.07) is 21.1. The van der Waals surface area contributed by atoms with Crippen molar-refractivity contribution in [2.45, 2.75) is 19.1 Å². The van der Waals surface area contributed by atoms with Gasteiger partial charge in [-0.2, -0.15) is 0 Å². The van der Waals surface area contributed by atoms with Crippen molar-refractivity contribution in [3.8, 4) is 17.2 Å². The van der Waals surface area contributed by atoms with E-state index in [0.717, 1.165) is 12.1 Å². The van der Waals surface area contributed by atoms with Crippen molar-refractivity contribution in [1.82, 2.24) is 4.90 Å². The van der Waals surface area contributed by atoms with Crippen molar-refractivity contribution in [3.63, 3.8) is 0 Å². The molecule has 0 radical (unpaired) electrons. The Hall–Kier alpha value is -4.30. The van der Waals surface area contributed by atoms with Crippen LogP contribution in [-0.4, -0.2) is 57.0 Å². The van der Waals surface area contributed by atoms with Crippen molar-refractivity contribution >= 4 is 17.4 Å². The highest BCUT2D eigenvalue weighted by Gasteiger charge is 2.44. The molecule has 1 saturated heterocycles. The SMILES string of the molecule is C[NH+](C)CCCN1C(=O)C(=O)C(=C([O-])c2ccc3c(c2)OCCO3)C1c1cccc(OCc2ccccc2)c1. The molecule has 1 fully saturated rings. The van der Waals surface area contributed by atoms with Crippen LogP contribution in [0.1, 0.15) is 29.2 Å². The minimum atomic E-state index is -0.817. The van der Waals surface area contributed by atoms with Crippen LogP contribution in [0.5, 0.6) is 17.2 Å². The van der Waals surface area contributed by atoms with E-state index in [4.69, 9.17) is 14.2 Å². The fourth-order valence-corrected chi connectivity index (χ4v) is 4.91. The van der Waals surface area contributed by atoms with Crippen molar-refractivity contribution < 1.29 is 33.8 Å². The molecule has 5 rings (SSSR count). The molecule has 2 heterocycles. The third-order valence-electron chi connectivity index (χ3n) is 6.83. The summed E-state index contributed by atoms with van der Waals surface area (Å²) in [5.74, 6) is -0.344. The fraction of sp³-hybridized carbons (Fsp3) is 0.290. The van der Waals surface area contributed by atoms with Gasteiger partial charge in [0.05, 0.1) is 26.7 Å². The Labute approximate surface area is 228 Å². The molecule has 1 atom stereocenters. The van der Waals surface area contributed by atoms with Crippen LogP contribution >= 0.6 is 0 Å². The first-order valence-corrected chi connectivity index (χ1v) is 13.1. The lowest BCUT2D eigenvalue weighted by molar-refractivity contribution is -0.858. The van der Waals surface area contributed by atoms with Crippen LogP contribution in [0, 0.1) is 0 Å². The summed E-state index contributed by atoms with van der Waals surface area (Å²) in [5.41, 5.74) is 1.88. The van der Waals surface area contributed by atoms with Gasteiger partial charge < -0.3 is 29.1 Å². The zero-order valence-corrected chi connectivity index (χ0v) is 22.1. The molecule has 8 nitrogen and oxygen atoms in total. The summed E-state index contributed by atoms with van der Waals surface area (Å²) in [4.78, 5) is 29.4. The molecule has 3 aromatic rings. The number of ether oxygens (including phenoxy) is 3. The number of ketones is 1. The fourth-order valence-electron chi connectivity index (χ4n) is 4.91. The summed E-state index contributed by atoms with van der Waals surface area (Å²) in [5, 5.41) is 13.8. The molecule has 0 bridgehead atoms. The predicted molar refractivity (Wildman–Crippen MR) is 143 cm³/mol. The van der Waals surface area contributed by atoms with Gasteiger partial charge in [-0.25, -0.2) is 0 Å². The normalized spacial score (nSPS) is 18.0. The summed E-state index contributed by atoms with van der Waals surface area (Å²) >= 11 is 0. The largest absolute Gasteiger partial charge is 0.872 e. The van der Waals surface area contributed by atoms with Gasteiger partial charge in [0.2, 0.25) is 5.78 Å². The molecule has 2 aliphatic rings. The van der Waals surface area contributed by atoms with Gasteiger partial charge in [-0.3, -0.25) is 9.59 Å². The lowest BCUT2D eigenvalue weighted by atomic mass is 9.95. The molecule has 8 heteroatoms. The summed E-state index contributed by atoms with van der Waals surface area (Å²) in [7, 11) is 4.07. The van der Waals surface area contributed by atoms with Gasteiger partial charge in [0.25, 0.3) is 5.91 Å². The second-order valence-electron chi connectivity index (χ2n) is 9.99. The molecule has 0 aliphatic carbocycles. The molecule has 3 aromatic carbocycles. The van der Waals surface area contributed by atoms with E-state index in [1.807, 2.05) is 62.6 Å². The van der Waals surface area contributed by atoms with E-state index in [1.165, 1.54) is 9.80 Å². The second-order valence-corrected chi connectivity index (χ2v) is 9.99. The Morgan fingerprint density at radius 1 is 0.974 bits per heavy atom. The average molecular weight is 529 g/mol. The van der Waals surface area contributed by atoms with E-state index in [2.05, 4.69) is 0 Å². The Kier molecular flexibility index (Phi) is 7.84. The Morgan fingerprint density at radius 3 is 2.51 bits per heavy atom. The van der Waals surface area contributed by atoms with Crippen LogP contribution in [-0.2, 0) is 16.2 Å². The molecule has 1 amide bonds. The number of hydrogen-bond acceptors (Lipinski definition) is 6. The molecule has 0 spiro atoms. The maximum Gasteiger partial charge on any atom is 0.295 e.